The second kappa shape index (κ2) is 4.95. The quantitative estimate of drug-likeness (QED) is 0.754. The van der Waals surface area contributed by atoms with Crippen LogP contribution in [-0.2, 0) is 14.3 Å². The van der Waals surface area contributed by atoms with Crippen LogP contribution >= 0.6 is 0 Å². The van der Waals surface area contributed by atoms with E-state index in [0.29, 0.717) is 12.2 Å². The zero-order valence-electron chi connectivity index (χ0n) is 9.30. The summed E-state index contributed by atoms with van der Waals surface area (Å²) < 4.78 is 22.9. The van der Waals surface area contributed by atoms with Crippen LogP contribution in [0, 0.1) is 5.82 Å². The molecule has 2 rings (SSSR count). The second-order valence-electron chi connectivity index (χ2n) is 3.56. The molecule has 1 aliphatic heterocycles. The van der Waals surface area contributed by atoms with Crippen molar-refractivity contribution in [3.05, 3.63) is 35.6 Å². The maximum absolute atomic E-state index is 12.8. The van der Waals surface area contributed by atoms with Crippen molar-refractivity contribution in [2.75, 3.05) is 6.61 Å². The smallest absolute Gasteiger partial charge is 0.335 e. The van der Waals surface area contributed by atoms with E-state index in [-0.39, 0.29) is 5.82 Å². The molecule has 0 bridgehead atoms. The van der Waals surface area contributed by atoms with Gasteiger partial charge in [-0.05, 0) is 24.6 Å². The zero-order valence-corrected chi connectivity index (χ0v) is 9.30. The predicted molar refractivity (Wildman–Crippen MR) is 59.1 cm³/mol. The number of benzene rings is 1. The van der Waals surface area contributed by atoms with Gasteiger partial charge < -0.3 is 9.47 Å². The molecule has 0 fully saturated rings. The average Bonchev–Trinajstić information content (AvgIpc) is 2.79. The van der Waals surface area contributed by atoms with E-state index in [1.165, 1.54) is 18.5 Å². The average molecular weight is 237 g/mol. The Morgan fingerprint density at radius 2 is 2.18 bits per heavy atom. The van der Waals surface area contributed by atoms with Crippen molar-refractivity contribution >= 4 is 12.4 Å². The molecule has 0 unspecified atom stereocenters. The molecule has 0 aromatic heterocycles. The van der Waals surface area contributed by atoms with Gasteiger partial charge in [0.1, 0.15) is 5.82 Å². The van der Waals surface area contributed by atoms with Crippen molar-refractivity contribution in [2.45, 2.75) is 19.1 Å². The summed E-state index contributed by atoms with van der Waals surface area (Å²) in [6.45, 7) is 2.02. The summed E-state index contributed by atoms with van der Waals surface area (Å²) in [5.74, 6) is -0.768. The van der Waals surface area contributed by atoms with Gasteiger partial charge in [0, 0.05) is 0 Å². The molecule has 0 aliphatic carbocycles. The lowest BCUT2D eigenvalue weighted by molar-refractivity contribution is -0.146. The van der Waals surface area contributed by atoms with E-state index in [1.807, 2.05) is 0 Å². The number of hydrogen-bond acceptors (Lipinski definition) is 4. The molecule has 5 heteroatoms. The molecule has 0 spiro atoms. The Hall–Kier alpha value is -1.91. The van der Waals surface area contributed by atoms with Crippen molar-refractivity contribution in [1.82, 2.24) is 0 Å². The third kappa shape index (κ3) is 2.43. The third-order valence-electron chi connectivity index (χ3n) is 2.44. The van der Waals surface area contributed by atoms with Crippen LogP contribution in [0.25, 0.3) is 0 Å². The second-order valence-corrected chi connectivity index (χ2v) is 3.56. The predicted octanol–water partition coefficient (Wildman–Crippen LogP) is 1.86. The molecule has 1 aromatic rings. The highest BCUT2D eigenvalue weighted by Gasteiger charge is 2.35. The first-order valence-corrected chi connectivity index (χ1v) is 5.31. The van der Waals surface area contributed by atoms with Crippen molar-refractivity contribution in [3.8, 4) is 0 Å². The van der Waals surface area contributed by atoms with Gasteiger partial charge in [-0.3, -0.25) is 0 Å². The van der Waals surface area contributed by atoms with Gasteiger partial charge in [-0.2, -0.15) is 0 Å². The van der Waals surface area contributed by atoms with Crippen molar-refractivity contribution < 1.29 is 18.7 Å². The summed E-state index contributed by atoms with van der Waals surface area (Å²) >= 11 is 0. The van der Waals surface area contributed by atoms with Crippen LogP contribution in [0.3, 0.4) is 0 Å². The van der Waals surface area contributed by atoms with Crippen LogP contribution in [0.4, 0.5) is 4.39 Å². The van der Waals surface area contributed by atoms with Crippen LogP contribution in [0.15, 0.2) is 29.3 Å². The monoisotopic (exact) mass is 237 g/mol. The molecule has 17 heavy (non-hydrogen) atoms. The highest BCUT2D eigenvalue weighted by Crippen LogP contribution is 2.27. The highest BCUT2D eigenvalue weighted by atomic mass is 19.1. The van der Waals surface area contributed by atoms with E-state index in [2.05, 4.69) is 4.99 Å². The summed E-state index contributed by atoms with van der Waals surface area (Å²) in [6.07, 6.45) is 0.699. The number of aliphatic imine (C=N–C) groups is 1. The van der Waals surface area contributed by atoms with E-state index in [4.69, 9.17) is 9.47 Å². The van der Waals surface area contributed by atoms with E-state index >= 15 is 0 Å². The number of carbonyl (C=O) groups is 1. The number of rotatable bonds is 3. The molecular weight excluding hydrogens is 225 g/mol. The van der Waals surface area contributed by atoms with E-state index < -0.39 is 18.1 Å². The summed E-state index contributed by atoms with van der Waals surface area (Å²) in [6, 6.07) is 5.07. The lowest BCUT2D eigenvalue weighted by Gasteiger charge is -2.16. The van der Waals surface area contributed by atoms with E-state index in [9.17, 15) is 9.18 Å². The standard InChI is InChI=1S/C12H12FNO3/c1-2-16-12(15)10-11(17-7-14-10)8-3-5-9(13)6-4-8/h3-7,10-11H,2H2,1H3/t10-,11+/m1/s1. The Morgan fingerprint density at radius 3 is 2.82 bits per heavy atom. The topological polar surface area (TPSA) is 47.9 Å². The molecule has 0 saturated carbocycles. The summed E-state index contributed by atoms with van der Waals surface area (Å²) in [7, 11) is 0. The summed E-state index contributed by atoms with van der Waals surface area (Å²) in [4.78, 5) is 15.5. The fourth-order valence-electron chi connectivity index (χ4n) is 1.64. The maximum atomic E-state index is 12.8. The Bertz CT molecular complexity index is 430. The summed E-state index contributed by atoms with van der Waals surface area (Å²) in [5.41, 5.74) is 0.696. The van der Waals surface area contributed by atoms with Gasteiger partial charge in [-0.25, -0.2) is 14.2 Å². The van der Waals surface area contributed by atoms with Crippen molar-refractivity contribution in [2.24, 2.45) is 4.99 Å². The molecular formula is C12H12FNO3. The van der Waals surface area contributed by atoms with Crippen molar-refractivity contribution in [1.29, 1.82) is 0 Å². The van der Waals surface area contributed by atoms with Crippen LogP contribution in [-0.4, -0.2) is 25.0 Å². The molecule has 1 heterocycles. The first kappa shape index (κ1) is 11.6. The van der Waals surface area contributed by atoms with Crippen LogP contribution < -0.4 is 0 Å². The number of esters is 1. The number of hydrogen-bond donors (Lipinski definition) is 0. The lowest BCUT2D eigenvalue weighted by atomic mass is 10.0. The third-order valence-corrected chi connectivity index (χ3v) is 2.44. The number of ether oxygens (including phenoxy) is 2. The first-order chi connectivity index (χ1) is 8.22. The normalized spacial score (nSPS) is 22.2. The Morgan fingerprint density at radius 1 is 1.47 bits per heavy atom. The van der Waals surface area contributed by atoms with Crippen LogP contribution in [0.1, 0.15) is 18.6 Å². The first-order valence-electron chi connectivity index (χ1n) is 5.31. The van der Waals surface area contributed by atoms with E-state index in [0.717, 1.165) is 0 Å². The molecule has 0 radical (unpaired) electrons. The molecule has 0 amide bonds. The molecule has 1 aliphatic rings. The molecule has 90 valence electrons. The van der Waals surface area contributed by atoms with Gasteiger partial charge in [0.15, 0.2) is 18.5 Å². The minimum absolute atomic E-state index is 0.293. The lowest BCUT2D eigenvalue weighted by Crippen LogP contribution is -2.26. The zero-order chi connectivity index (χ0) is 12.3. The Balaban J connectivity index is 2.15. The molecule has 2 atom stereocenters. The number of halogens is 1. The molecule has 1 aromatic carbocycles. The van der Waals surface area contributed by atoms with Crippen LogP contribution in [0.2, 0.25) is 0 Å². The minimum atomic E-state index is -0.708. The van der Waals surface area contributed by atoms with Gasteiger partial charge in [-0.15, -0.1) is 0 Å². The van der Waals surface area contributed by atoms with Crippen molar-refractivity contribution in [3.63, 3.8) is 0 Å². The summed E-state index contributed by atoms with van der Waals surface area (Å²) in [5, 5.41) is 0. The van der Waals surface area contributed by atoms with Crippen LogP contribution in [0.5, 0.6) is 0 Å². The molecule has 0 N–H and O–H groups in total. The van der Waals surface area contributed by atoms with Gasteiger partial charge in [-0.1, -0.05) is 12.1 Å². The fraction of sp³-hybridized carbons (Fsp3) is 0.333. The highest BCUT2D eigenvalue weighted by molar-refractivity contribution is 5.80. The van der Waals surface area contributed by atoms with Gasteiger partial charge >= 0.3 is 5.97 Å². The molecule has 0 saturated heterocycles. The van der Waals surface area contributed by atoms with E-state index in [1.54, 1.807) is 19.1 Å². The number of carbonyl (C=O) groups excluding carboxylic acids is 1. The van der Waals surface area contributed by atoms with Gasteiger partial charge in [0.25, 0.3) is 0 Å². The van der Waals surface area contributed by atoms with Gasteiger partial charge in [0.05, 0.1) is 6.61 Å². The Labute approximate surface area is 98.1 Å². The SMILES string of the molecule is CCOC(=O)[C@@H]1N=CO[C@H]1c1ccc(F)cc1. The van der Waals surface area contributed by atoms with Gasteiger partial charge in [0.2, 0.25) is 0 Å². The maximum Gasteiger partial charge on any atom is 0.335 e. The Kier molecular flexibility index (Phi) is 3.37. The largest absolute Gasteiger partial charge is 0.473 e. The minimum Gasteiger partial charge on any atom is -0.473 e. The molecule has 4 nitrogen and oxygen atoms in total. The number of nitrogens with zero attached hydrogens (tertiary/aromatic N) is 1. The fourth-order valence-corrected chi connectivity index (χ4v) is 1.64.